The van der Waals surface area contributed by atoms with Crippen molar-refractivity contribution in [2.45, 2.75) is 23.0 Å². The molecule has 3 rings (SSSR count). The Balaban J connectivity index is 1.68. The lowest BCUT2D eigenvalue weighted by molar-refractivity contribution is 0.0954. The average molecular weight is 438 g/mol. The van der Waals surface area contributed by atoms with Crippen LogP contribution in [0.2, 0.25) is 0 Å². The first-order chi connectivity index (χ1) is 13.7. The van der Waals surface area contributed by atoms with Crippen molar-refractivity contribution in [3.8, 4) is 5.75 Å². The maximum absolute atomic E-state index is 12.8. The zero-order valence-electron chi connectivity index (χ0n) is 16.0. The second-order valence-corrected chi connectivity index (χ2v) is 11.4. The molecule has 7 nitrogen and oxygen atoms in total. The van der Waals surface area contributed by atoms with E-state index in [-0.39, 0.29) is 28.4 Å². The molecule has 1 aliphatic rings. The largest absolute Gasteiger partial charge is 0.496 e. The summed E-state index contributed by atoms with van der Waals surface area (Å²) in [5.41, 5.74) is 1.17. The third kappa shape index (κ3) is 4.97. The lowest BCUT2D eigenvalue weighted by Gasteiger charge is -2.12. The van der Waals surface area contributed by atoms with Crippen molar-refractivity contribution in [1.82, 2.24) is 5.32 Å². The van der Waals surface area contributed by atoms with Crippen molar-refractivity contribution >= 4 is 25.6 Å². The Morgan fingerprint density at radius 2 is 1.93 bits per heavy atom. The van der Waals surface area contributed by atoms with Crippen molar-refractivity contribution in [3.05, 3.63) is 59.7 Å². The van der Waals surface area contributed by atoms with Crippen LogP contribution in [0, 0.1) is 0 Å². The van der Waals surface area contributed by atoms with E-state index in [1.54, 1.807) is 7.11 Å². The molecule has 1 N–H and O–H groups in total. The SMILES string of the molecule is COc1ccccc1CCNC(=O)c1cccc(S(=O)(=O)C2CCS(=O)(=O)C2)c1. The first kappa shape index (κ1) is 21.3. The molecule has 156 valence electrons. The van der Waals surface area contributed by atoms with Gasteiger partial charge in [0, 0.05) is 12.1 Å². The number of hydrogen-bond donors (Lipinski definition) is 1. The number of sulfone groups is 2. The standard InChI is InChI=1S/C20H23NO6S2/c1-27-19-8-3-2-5-15(19)9-11-21-20(22)16-6-4-7-17(13-16)29(25,26)18-10-12-28(23,24)14-18/h2-8,13,18H,9-12,14H2,1H3,(H,21,22). The van der Waals surface area contributed by atoms with Gasteiger partial charge in [-0.25, -0.2) is 16.8 Å². The van der Waals surface area contributed by atoms with Crippen molar-refractivity contribution in [3.63, 3.8) is 0 Å². The highest BCUT2D eigenvalue weighted by atomic mass is 32.2. The summed E-state index contributed by atoms with van der Waals surface area (Å²) in [6.07, 6.45) is 0.647. The molecule has 0 aliphatic carbocycles. The van der Waals surface area contributed by atoms with Crippen LogP contribution in [-0.2, 0) is 26.1 Å². The van der Waals surface area contributed by atoms with E-state index in [1.165, 1.54) is 24.3 Å². The van der Waals surface area contributed by atoms with Gasteiger partial charge in [0.25, 0.3) is 5.91 Å². The maximum Gasteiger partial charge on any atom is 0.251 e. The summed E-state index contributed by atoms with van der Waals surface area (Å²) in [5.74, 6) is -0.151. The molecule has 29 heavy (non-hydrogen) atoms. The van der Waals surface area contributed by atoms with Crippen LogP contribution in [0.15, 0.2) is 53.4 Å². The van der Waals surface area contributed by atoms with Crippen LogP contribution in [0.25, 0.3) is 0 Å². The Morgan fingerprint density at radius 3 is 2.62 bits per heavy atom. The zero-order valence-corrected chi connectivity index (χ0v) is 17.6. The van der Waals surface area contributed by atoms with Gasteiger partial charge in [-0.05, 0) is 42.7 Å². The summed E-state index contributed by atoms with van der Waals surface area (Å²) < 4.78 is 54.1. The number of carbonyl (C=O) groups excluding carboxylic acids is 1. The van der Waals surface area contributed by atoms with Gasteiger partial charge in [-0.1, -0.05) is 24.3 Å². The van der Waals surface area contributed by atoms with Gasteiger partial charge >= 0.3 is 0 Å². The Hall–Kier alpha value is -2.39. The highest BCUT2D eigenvalue weighted by Crippen LogP contribution is 2.26. The third-order valence-corrected chi connectivity index (χ3v) is 9.10. The quantitative estimate of drug-likeness (QED) is 0.706. The van der Waals surface area contributed by atoms with Gasteiger partial charge in [0.2, 0.25) is 0 Å². The number of hydrogen-bond acceptors (Lipinski definition) is 6. The Morgan fingerprint density at radius 1 is 1.17 bits per heavy atom. The van der Waals surface area contributed by atoms with Gasteiger partial charge in [0.1, 0.15) is 5.75 Å². The van der Waals surface area contributed by atoms with Crippen LogP contribution < -0.4 is 10.1 Å². The fraction of sp³-hybridized carbons (Fsp3) is 0.350. The molecule has 0 radical (unpaired) electrons. The predicted octanol–water partition coefficient (Wildman–Crippen LogP) is 1.63. The number of amides is 1. The van der Waals surface area contributed by atoms with Gasteiger partial charge in [-0.3, -0.25) is 4.79 Å². The van der Waals surface area contributed by atoms with E-state index in [0.717, 1.165) is 11.3 Å². The van der Waals surface area contributed by atoms with Crippen molar-refractivity contribution in [2.75, 3.05) is 25.2 Å². The van der Waals surface area contributed by atoms with Gasteiger partial charge in [-0.15, -0.1) is 0 Å². The Bertz CT molecular complexity index is 1110. The minimum atomic E-state index is -3.81. The molecule has 2 aromatic rings. The molecule has 9 heteroatoms. The van der Waals surface area contributed by atoms with E-state index >= 15 is 0 Å². The number of para-hydroxylation sites is 1. The predicted molar refractivity (Wildman–Crippen MR) is 110 cm³/mol. The molecule has 1 saturated heterocycles. The summed E-state index contributed by atoms with van der Waals surface area (Å²) in [6, 6.07) is 13.2. The number of rotatable bonds is 7. The number of nitrogens with one attached hydrogen (secondary N) is 1. The first-order valence-corrected chi connectivity index (χ1v) is 12.5. The highest BCUT2D eigenvalue weighted by Gasteiger charge is 2.38. The normalized spacial score (nSPS) is 18.3. The summed E-state index contributed by atoms with van der Waals surface area (Å²) >= 11 is 0. The van der Waals surface area contributed by atoms with Crippen LogP contribution in [0.1, 0.15) is 22.3 Å². The van der Waals surface area contributed by atoms with Gasteiger partial charge < -0.3 is 10.1 Å². The molecule has 1 atom stereocenters. The smallest absolute Gasteiger partial charge is 0.251 e. The van der Waals surface area contributed by atoms with E-state index in [0.29, 0.717) is 13.0 Å². The second-order valence-electron chi connectivity index (χ2n) is 6.92. The number of ether oxygens (including phenoxy) is 1. The monoisotopic (exact) mass is 437 g/mol. The van der Waals surface area contributed by atoms with E-state index in [1.807, 2.05) is 24.3 Å². The molecule has 0 spiro atoms. The highest BCUT2D eigenvalue weighted by molar-refractivity contribution is 7.96. The molecule has 0 saturated carbocycles. The fourth-order valence-electron chi connectivity index (χ4n) is 3.33. The van der Waals surface area contributed by atoms with Crippen molar-refractivity contribution in [1.29, 1.82) is 0 Å². The molecule has 1 amide bonds. The van der Waals surface area contributed by atoms with Crippen LogP contribution in [0.4, 0.5) is 0 Å². The number of methoxy groups -OCH3 is 1. The molecule has 0 bridgehead atoms. The lowest BCUT2D eigenvalue weighted by atomic mass is 10.1. The van der Waals surface area contributed by atoms with E-state index in [9.17, 15) is 21.6 Å². The Labute approximate surface area is 170 Å². The summed E-state index contributed by atoms with van der Waals surface area (Å²) in [5, 5.41) is 1.81. The van der Waals surface area contributed by atoms with Gasteiger partial charge in [0.15, 0.2) is 19.7 Å². The third-order valence-electron chi connectivity index (χ3n) is 4.93. The molecular formula is C20H23NO6S2. The van der Waals surface area contributed by atoms with Gasteiger partial charge in [-0.2, -0.15) is 0 Å². The number of carbonyl (C=O) groups is 1. The summed E-state index contributed by atoms with van der Waals surface area (Å²) in [6.45, 7) is 0.358. The molecule has 1 aliphatic heterocycles. The molecule has 1 unspecified atom stereocenters. The van der Waals surface area contributed by atoms with E-state index in [4.69, 9.17) is 4.74 Å². The maximum atomic E-state index is 12.8. The Kier molecular flexibility index (Phi) is 6.28. The minimum absolute atomic E-state index is 0.0306. The first-order valence-electron chi connectivity index (χ1n) is 9.17. The average Bonchev–Trinajstić information content (AvgIpc) is 3.09. The second kappa shape index (κ2) is 8.54. The van der Waals surface area contributed by atoms with E-state index in [2.05, 4.69) is 5.32 Å². The lowest BCUT2D eigenvalue weighted by Crippen LogP contribution is -2.27. The topological polar surface area (TPSA) is 107 Å². The zero-order chi connectivity index (χ0) is 21.1. The van der Waals surface area contributed by atoms with E-state index < -0.39 is 30.8 Å². The number of benzene rings is 2. The molecule has 0 aromatic heterocycles. The molecule has 1 heterocycles. The van der Waals surface area contributed by atoms with Crippen LogP contribution >= 0.6 is 0 Å². The molecular weight excluding hydrogens is 414 g/mol. The van der Waals surface area contributed by atoms with Crippen LogP contribution in [0.3, 0.4) is 0 Å². The fourth-order valence-corrected chi connectivity index (χ4v) is 7.74. The summed E-state index contributed by atoms with van der Waals surface area (Å²) in [7, 11) is -5.56. The summed E-state index contributed by atoms with van der Waals surface area (Å²) in [4.78, 5) is 12.4. The van der Waals surface area contributed by atoms with Gasteiger partial charge in [0.05, 0.1) is 28.8 Å². The molecule has 1 fully saturated rings. The minimum Gasteiger partial charge on any atom is -0.496 e. The van der Waals surface area contributed by atoms with Crippen molar-refractivity contribution < 1.29 is 26.4 Å². The van der Waals surface area contributed by atoms with Crippen LogP contribution in [-0.4, -0.2) is 53.2 Å². The van der Waals surface area contributed by atoms with Crippen LogP contribution in [0.5, 0.6) is 5.75 Å². The van der Waals surface area contributed by atoms with Crippen molar-refractivity contribution in [2.24, 2.45) is 0 Å². The molecule has 2 aromatic carbocycles.